The summed E-state index contributed by atoms with van der Waals surface area (Å²) in [5.74, 6) is -0.656. The summed E-state index contributed by atoms with van der Waals surface area (Å²) < 4.78 is 5.49. The van der Waals surface area contributed by atoms with Crippen molar-refractivity contribution < 1.29 is 14.6 Å². The molecule has 2 aliphatic rings. The van der Waals surface area contributed by atoms with Crippen LogP contribution < -0.4 is 5.32 Å². The quantitative estimate of drug-likeness (QED) is 0.790. The van der Waals surface area contributed by atoms with Crippen molar-refractivity contribution in [2.24, 2.45) is 10.8 Å². The molecule has 1 spiro atoms. The van der Waals surface area contributed by atoms with Crippen LogP contribution in [-0.2, 0) is 9.53 Å². The van der Waals surface area contributed by atoms with Gasteiger partial charge in [0.05, 0.1) is 5.41 Å². The maximum Gasteiger partial charge on any atom is 0.310 e. The van der Waals surface area contributed by atoms with Crippen molar-refractivity contribution in [3.8, 4) is 0 Å². The summed E-state index contributed by atoms with van der Waals surface area (Å²) in [6, 6.07) is 0.496. The van der Waals surface area contributed by atoms with E-state index in [2.05, 4.69) is 5.32 Å². The third kappa shape index (κ3) is 3.78. The number of carboxylic acids is 1. The van der Waals surface area contributed by atoms with Crippen LogP contribution in [0.2, 0.25) is 0 Å². The third-order valence-corrected chi connectivity index (χ3v) is 6.14. The molecule has 0 radical (unpaired) electrons. The van der Waals surface area contributed by atoms with E-state index in [1.807, 2.05) is 13.8 Å². The van der Waals surface area contributed by atoms with Crippen LogP contribution in [0, 0.1) is 10.8 Å². The Bertz CT molecular complexity index is 336. The van der Waals surface area contributed by atoms with Crippen LogP contribution in [0.1, 0.15) is 65.2 Å². The predicted molar refractivity (Wildman–Crippen MR) is 83.4 cm³/mol. The predicted octanol–water partition coefficient (Wildman–Crippen LogP) is 3.21. The van der Waals surface area contributed by atoms with E-state index in [0.717, 1.165) is 13.2 Å². The van der Waals surface area contributed by atoms with Gasteiger partial charge < -0.3 is 15.2 Å². The number of hydrogen-bond donors (Lipinski definition) is 2. The van der Waals surface area contributed by atoms with E-state index in [1.54, 1.807) is 0 Å². The van der Waals surface area contributed by atoms with E-state index in [9.17, 15) is 9.90 Å². The summed E-state index contributed by atoms with van der Waals surface area (Å²) in [6.07, 6.45) is 8.72. The summed E-state index contributed by atoms with van der Waals surface area (Å²) in [4.78, 5) is 11.5. The molecule has 0 aromatic rings. The van der Waals surface area contributed by atoms with Gasteiger partial charge in [-0.3, -0.25) is 4.79 Å². The molecule has 1 saturated carbocycles. The van der Waals surface area contributed by atoms with Gasteiger partial charge in [0.25, 0.3) is 0 Å². The zero-order valence-corrected chi connectivity index (χ0v) is 13.6. The topological polar surface area (TPSA) is 58.6 Å². The number of ether oxygens (including phenoxy) is 1. The molecule has 1 saturated heterocycles. The number of carbonyl (C=O) groups is 1. The number of nitrogens with one attached hydrogen (secondary N) is 1. The van der Waals surface area contributed by atoms with Crippen LogP contribution in [-0.4, -0.2) is 36.9 Å². The van der Waals surface area contributed by atoms with E-state index in [0.29, 0.717) is 30.8 Å². The fraction of sp³-hybridized carbons (Fsp3) is 0.941. The van der Waals surface area contributed by atoms with Crippen LogP contribution >= 0.6 is 0 Å². The monoisotopic (exact) mass is 297 g/mol. The van der Waals surface area contributed by atoms with Gasteiger partial charge in [0.2, 0.25) is 0 Å². The Kier molecular flexibility index (Phi) is 5.67. The van der Waals surface area contributed by atoms with Gasteiger partial charge in [-0.25, -0.2) is 0 Å². The number of aliphatic carboxylic acids is 1. The van der Waals surface area contributed by atoms with Gasteiger partial charge in [0.15, 0.2) is 0 Å². The number of carboxylic acid groups (broad SMARTS) is 1. The first-order chi connectivity index (χ1) is 10.1. The smallest absolute Gasteiger partial charge is 0.310 e. The minimum Gasteiger partial charge on any atom is -0.481 e. The van der Waals surface area contributed by atoms with E-state index in [4.69, 9.17) is 4.74 Å². The molecular formula is C17H31NO3. The maximum absolute atomic E-state index is 11.5. The molecule has 0 aromatic carbocycles. The first-order valence-electron chi connectivity index (χ1n) is 8.60. The van der Waals surface area contributed by atoms with Crippen molar-refractivity contribution in [2.75, 3.05) is 19.8 Å². The van der Waals surface area contributed by atoms with Crippen molar-refractivity contribution in [3.05, 3.63) is 0 Å². The molecule has 2 rings (SSSR count). The molecule has 122 valence electrons. The van der Waals surface area contributed by atoms with Crippen molar-refractivity contribution in [1.29, 1.82) is 0 Å². The Morgan fingerprint density at radius 3 is 2.24 bits per heavy atom. The molecule has 21 heavy (non-hydrogen) atoms. The molecule has 1 aliphatic heterocycles. The van der Waals surface area contributed by atoms with Gasteiger partial charge >= 0.3 is 5.97 Å². The van der Waals surface area contributed by atoms with Crippen molar-refractivity contribution >= 4 is 5.97 Å². The zero-order valence-electron chi connectivity index (χ0n) is 13.6. The number of rotatable bonds is 6. The summed E-state index contributed by atoms with van der Waals surface area (Å²) >= 11 is 0. The molecule has 2 fully saturated rings. The number of hydrogen-bond acceptors (Lipinski definition) is 3. The molecule has 0 atom stereocenters. The lowest BCUT2D eigenvalue weighted by Gasteiger charge is -2.43. The van der Waals surface area contributed by atoms with Crippen LogP contribution in [0.15, 0.2) is 0 Å². The van der Waals surface area contributed by atoms with Crippen molar-refractivity contribution in [2.45, 2.75) is 71.3 Å². The lowest BCUT2D eigenvalue weighted by molar-refractivity contribution is -0.149. The molecule has 1 aliphatic carbocycles. The molecule has 0 aromatic heterocycles. The average molecular weight is 297 g/mol. The molecular weight excluding hydrogens is 266 g/mol. The summed E-state index contributed by atoms with van der Waals surface area (Å²) in [5.41, 5.74) is -0.0658. The summed E-state index contributed by atoms with van der Waals surface area (Å²) in [6.45, 7) is 6.42. The van der Waals surface area contributed by atoms with Gasteiger partial charge in [0.1, 0.15) is 0 Å². The van der Waals surface area contributed by atoms with Crippen molar-refractivity contribution in [1.82, 2.24) is 5.32 Å². The summed E-state index contributed by atoms with van der Waals surface area (Å²) in [5, 5.41) is 13.1. The SMILES string of the molecule is CCC(CC)(CNC1CCC2(CCOCC2)CC1)C(=O)O. The highest BCUT2D eigenvalue weighted by molar-refractivity contribution is 5.74. The molecule has 2 N–H and O–H groups in total. The summed E-state index contributed by atoms with van der Waals surface area (Å²) in [7, 11) is 0. The molecule has 0 amide bonds. The largest absolute Gasteiger partial charge is 0.481 e. The molecule has 1 heterocycles. The second-order valence-electron chi connectivity index (χ2n) is 7.06. The van der Waals surface area contributed by atoms with Crippen molar-refractivity contribution in [3.63, 3.8) is 0 Å². The Labute approximate surface area is 128 Å². The van der Waals surface area contributed by atoms with Gasteiger partial charge in [-0.2, -0.15) is 0 Å². The van der Waals surface area contributed by atoms with Gasteiger partial charge in [-0.05, 0) is 56.8 Å². The minimum atomic E-state index is -0.656. The lowest BCUT2D eigenvalue weighted by Crippen LogP contribution is -2.46. The first-order valence-corrected chi connectivity index (χ1v) is 8.60. The Hall–Kier alpha value is -0.610. The highest BCUT2D eigenvalue weighted by atomic mass is 16.5. The Morgan fingerprint density at radius 2 is 1.76 bits per heavy atom. The fourth-order valence-electron chi connectivity index (χ4n) is 3.96. The van der Waals surface area contributed by atoms with Gasteiger partial charge in [0, 0.05) is 25.8 Å². The van der Waals surface area contributed by atoms with E-state index in [-0.39, 0.29) is 0 Å². The van der Waals surface area contributed by atoms with Crippen LogP contribution in [0.4, 0.5) is 0 Å². The Morgan fingerprint density at radius 1 is 1.19 bits per heavy atom. The van der Waals surface area contributed by atoms with E-state index in [1.165, 1.54) is 38.5 Å². The minimum absolute atomic E-state index is 0.496. The molecule has 0 unspecified atom stereocenters. The maximum atomic E-state index is 11.5. The second-order valence-corrected chi connectivity index (χ2v) is 7.06. The standard InChI is InChI=1S/C17H31NO3/c1-3-17(4-2,15(19)20)13-18-14-5-7-16(8-6-14)9-11-21-12-10-16/h14,18H,3-13H2,1-2H3,(H,19,20). The van der Waals surface area contributed by atoms with Crippen LogP contribution in [0.5, 0.6) is 0 Å². The molecule has 4 heteroatoms. The fourth-order valence-corrected chi connectivity index (χ4v) is 3.96. The van der Waals surface area contributed by atoms with E-state index < -0.39 is 11.4 Å². The van der Waals surface area contributed by atoms with E-state index >= 15 is 0 Å². The molecule has 4 nitrogen and oxygen atoms in total. The van der Waals surface area contributed by atoms with Gasteiger partial charge in [-0.15, -0.1) is 0 Å². The van der Waals surface area contributed by atoms with Crippen LogP contribution in [0.25, 0.3) is 0 Å². The highest BCUT2D eigenvalue weighted by Crippen LogP contribution is 2.44. The van der Waals surface area contributed by atoms with Crippen LogP contribution in [0.3, 0.4) is 0 Å². The normalized spacial score (nSPS) is 23.3. The first kappa shape index (κ1) is 16.8. The average Bonchev–Trinajstić information content (AvgIpc) is 2.51. The molecule has 0 bridgehead atoms. The zero-order chi connectivity index (χ0) is 15.3. The third-order valence-electron chi connectivity index (χ3n) is 6.14. The lowest BCUT2D eigenvalue weighted by atomic mass is 9.68. The van der Waals surface area contributed by atoms with Gasteiger partial charge in [-0.1, -0.05) is 13.8 Å². The second kappa shape index (κ2) is 7.10. The highest BCUT2D eigenvalue weighted by Gasteiger charge is 2.39. The Balaban J connectivity index is 1.81.